The Morgan fingerprint density at radius 1 is 0.968 bits per heavy atom. The van der Waals surface area contributed by atoms with Crippen LogP contribution in [0, 0.1) is 5.82 Å². The Bertz CT molecular complexity index is 1340. The maximum absolute atomic E-state index is 14.4. The van der Waals surface area contributed by atoms with Gasteiger partial charge in [-0.25, -0.2) is 17.5 Å². The summed E-state index contributed by atoms with van der Waals surface area (Å²) in [5, 5.41) is 5.53. The molecular formula is C21H14F4N2O2S2. The van der Waals surface area contributed by atoms with Crippen LogP contribution in [0.3, 0.4) is 0 Å². The highest BCUT2D eigenvalue weighted by Crippen LogP contribution is 2.35. The van der Waals surface area contributed by atoms with Gasteiger partial charge in [-0.1, -0.05) is 30.3 Å². The molecule has 0 radical (unpaired) electrons. The van der Waals surface area contributed by atoms with Crippen molar-refractivity contribution in [1.82, 2.24) is 9.78 Å². The van der Waals surface area contributed by atoms with E-state index in [9.17, 15) is 26.0 Å². The summed E-state index contributed by atoms with van der Waals surface area (Å²) in [7, 11) is -3.82. The zero-order valence-electron chi connectivity index (χ0n) is 15.9. The molecular weight excluding hydrogens is 452 g/mol. The Labute approximate surface area is 179 Å². The molecule has 0 fully saturated rings. The van der Waals surface area contributed by atoms with Crippen LogP contribution in [0.15, 0.2) is 70.9 Å². The van der Waals surface area contributed by atoms with E-state index >= 15 is 0 Å². The van der Waals surface area contributed by atoms with Gasteiger partial charge in [0.1, 0.15) is 10.7 Å². The van der Waals surface area contributed by atoms with E-state index in [0.29, 0.717) is 5.56 Å². The molecule has 0 unspecified atom stereocenters. The van der Waals surface area contributed by atoms with Gasteiger partial charge in [0.2, 0.25) is 0 Å². The van der Waals surface area contributed by atoms with Gasteiger partial charge in [-0.3, -0.25) is 0 Å². The Hall–Kier alpha value is -2.98. The van der Waals surface area contributed by atoms with Crippen molar-refractivity contribution in [2.75, 3.05) is 6.26 Å². The summed E-state index contributed by atoms with van der Waals surface area (Å²) in [6.45, 7) is 0. The molecule has 0 aliphatic carbocycles. The highest BCUT2D eigenvalue weighted by Gasteiger charge is 2.35. The van der Waals surface area contributed by atoms with E-state index < -0.39 is 32.4 Å². The van der Waals surface area contributed by atoms with Crippen molar-refractivity contribution in [2.45, 2.75) is 11.1 Å². The van der Waals surface area contributed by atoms with Crippen LogP contribution in [0.1, 0.15) is 5.69 Å². The lowest BCUT2D eigenvalue weighted by Crippen LogP contribution is -2.08. The average Bonchev–Trinajstić information content (AvgIpc) is 3.37. The summed E-state index contributed by atoms with van der Waals surface area (Å²) >= 11 is 1.53. The maximum Gasteiger partial charge on any atom is 0.435 e. The van der Waals surface area contributed by atoms with Crippen molar-refractivity contribution >= 4 is 21.2 Å². The van der Waals surface area contributed by atoms with Gasteiger partial charge in [0.15, 0.2) is 15.5 Å². The summed E-state index contributed by atoms with van der Waals surface area (Å²) in [5.41, 5.74) is 0.270. The fourth-order valence-corrected chi connectivity index (χ4v) is 4.55. The molecule has 0 aliphatic heterocycles. The number of hydrogen-bond acceptors (Lipinski definition) is 4. The van der Waals surface area contributed by atoms with Crippen LogP contribution in [0.4, 0.5) is 17.6 Å². The van der Waals surface area contributed by atoms with Gasteiger partial charge < -0.3 is 0 Å². The van der Waals surface area contributed by atoms with E-state index in [4.69, 9.17) is 0 Å². The minimum absolute atomic E-state index is 0.0299. The minimum atomic E-state index is -4.71. The predicted molar refractivity (Wildman–Crippen MR) is 110 cm³/mol. The van der Waals surface area contributed by atoms with Crippen molar-refractivity contribution in [2.24, 2.45) is 0 Å². The molecule has 4 nitrogen and oxygen atoms in total. The Morgan fingerprint density at radius 3 is 2.19 bits per heavy atom. The van der Waals surface area contributed by atoms with E-state index in [1.165, 1.54) is 17.4 Å². The van der Waals surface area contributed by atoms with Crippen molar-refractivity contribution in [3.63, 3.8) is 0 Å². The van der Waals surface area contributed by atoms with Gasteiger partial charge in [-0.15, -0.1) is 11.3 Å². The first-order valence-corrected chi connectivity index (χ1v) is 11.6. The number of aromatic nitrogens is 2. The van der Waals surface area contributed by atoms with E-state index in [-0.39, 0.29) is 11.4 Å². The van der Waals surface area contributed by atoms with E-state index in [1.54, 1.807) is 24.3 Å². The quantitative estimate of drug-likeness (QED) is 0.356. The monoisotopic (exact) mass is 466 g/mol. The summed E-state index contributed by atoms with van der Waals surface area (Å²) in [6, 6.07) is 14.7. The highest BCUT2D eigenvalue weighted by molar-refractivity contribution is 7.90. The second-order valence-corrected chi connectivity index (χ2v) is 9.70. The lowest BCUT2D eigenvalue weighted by atomic mass is 10.1. The molecule has 4 rings (SSSR count). The molecule has 0 saturated heterocycles. The standard InChI is InChI=1S/C21H14F4N2O2S2/c1-31(28,29)19-9-8-15(11-16(19)22)27-17(12-20(26-27)21(23,24)25)13-4-6-14(7-5-13)18-3-2-10-30-18/h2-12H,1H3. The predicted octanol–water partition coefficient (Wildman–Crippen LogP) is 5.83. The number of sulfone groups is 1. The summed E-state index contributed by atoms with van der Waals surface area (Å²) < 4.78 is 78.6. The second kappa shape index (κ2) is 7.61. The number of thiophene rings is 1. The van der Waals surface area contributed by atoms with Gasteiger partial charge in [-0.05, 0) is 35.2 Å². The van der Waals surface area contributed by atoms with Gasteiger partial charge in [0.25, 0.3) is 0 Å². The van der Waals surface area contributed by atoms with Crippen LogP contribution in [0.25, 0.3) is 27.4 Å². The van der Waals surface area contributed by atoms with Crippen LogP contribution in [0.5, 0.6) is 0 Å². The number of hydrogen-bond donors (Lipinski definition) is 0. The number of rotatable bonds is 4. The van der Waals surface area contributed by atoms with Crippen LogP contribution in [0.2, 0.25) is 0 Å². The Kier molecular flexibility index (Phi) is 5.22. The van der Waals surface area contributed by atoms with Crippen LogP contribution >= 0.6 is 11.3 Å². The van der Waals surface area contributed by atoms with E-state index in [2.05, 4.69) is 5.10 Å². The van der Waals surface area contributed by atoms with Crippen molar-refractivity contribution in [1.29, 1.82) is 0 Å². The molecule has 0 bridgehead atoms. The van der Waals surface area contributed by atoms with Crippen molar-refractivity contribution in [3.8, 4) is 27.4 Å². The molecule has 2 aromatic heterocycles. The molecule has 31 heavy (non-hydrogen) atoms. The second-order valence-electron chi connectivity index (χ2n) is 6.77. The van der Waals surface area contributed by atoms with E-state index in [0.717, 1.165) is 39.6 Å². The number of alkyl halides is 3. The zero-order valence-corrected chi connectivity index (χ0v) is 17.5. The van der Waals surface area contributed by atoms with Crippen molar-refractivity contribution < 1.29 is 26.0 Å². The first kappa shape index (κ1) is 21.3. The Balaban J connectivity index is 1.84. The third kappa shape index (κ3) is 4.26. The van der Waals surface area contributed by atoms with Gasteiger partial charge in [-0.2, -0.15) is 18.3 Å². The summed E-state index contributed by atoms with van der Waals surface area (Å²) in [4.78, 5) is 0.468. The summed E-state index contributed by atoms with van der Waals surface area (Å²) in [5.74, 6) is -1.07. The highest BCUT2D eigenvalue weighted by atomic mass is 32.2. The lowest BCUT2D eigenvalue weighted by Gasteiger charge is -2.10. The number of nitrogens with zero attached hydrogens (tertiary/aromatic N) is 2. The first-order chi connectivity index (χ1) is 14.5. The molecule has 0 aliphatic rings. The number of halogens is 4. The maximum atomic E-state index is 14.4. The van der Waals surface area contributed by atoms with Crippen molar-refractivity contribution in [3.05, 3.63) is 77.6 Å². The largest absolute Gasteiger partial charge is 0.435 e. The first-order valence-electron chi connectivity index (χ1n) is 8.85. The fraction of sp³-hybridized carbons (Fsp3) is 0.0952. The third-order valence-corrected chi connectivity index (χ3v) is 6.59. The zero-order chi connectivity index (χ0) is 22.4. The van der Waals surface area contributed by atoms with E-state index in [1.807, 2.05) is 17.5 Å². The molecule has 10 heteroatoms. The molecule has 2 aromatic carbocycles. The number of benzene rings is 2. The van der Waals surface area contributed by atoms with Crippen LogP contribution < -0.4 is 0 Å². The molecule has 0 saturated carbocycles. The van der Waals surface area contributed by atoms with Gasteiger partial charge >= 0.3 is 6.18 Å². The lowest BCUT2D eigenvalue weighted by molar-refractivity contribution is -0.141. The third-order valence-electron chi connectivity index (χ3n) is 4.55. The topological polar surface area (TPSA) is 52.0 Å². The molecule has 0 amide bonds. The van der Waals surface area contributed by atoms with Crippen LogP contribution in [-0.2, 0) is 16.0 Å². The molecule has 0 spiro atoms. The molecule has 4 aromatic rings. The van der Waals surface area contributed by atoms with Crippen LogP contribution in [-0.4, -0.2) is 24.5 Å². The smallest absolute Gasteiger partial charge is 0.232 e. The molecule has 160 valence electrons. The van der Waals surface area contributed by atoms with Gasteiger partial charge in [0, 0.05) is 22.8 Å². The Morgan fingerprint density at radius 2 is 1.65 bits per heavy atom. The van der Waals surface area contributed by atoms with Gasteiger partial charge in [0.05, 0.1) is 11.4 Å². The summed E-state index contributed by atoms with van der Waals surface area (Å²) in [6.07, 6.45) is -3.86. The molecule has 2 heterocycles. The normalized spacial score (nSPS) is 12.3. The fourth-order valence-electron chi connectivity index (χ4n) is 3.09. The SMILES string of the molecule is CS(=O)(=O)c1ccc(-n2nc(C(F)(F)F)cc2-c2ccc(-c3cccs3)cc2)cc1F. The molecule has 0 atom stereocenters. The minimum Gasteiger partial charge on any atom is -0.232 e. The molecule has 0 N–H and O–H groups in total. The average molecular weight is 466 g/mol.